The summed E-state index contributed by atoms with van der Waals surface area (Å²) in [7, 11) is 0. The van der Waals surface area contributed by atoms with E-state index in [2.05, 4.69) is 14.8 Å². The van der Waals surface area contributed by atoms with Crippen molar-refractivity contribution < 1.29 is 13.9 Å². The van der Waals surface area contributed by atoms with Crippen molar-refractivity contribution in [1.82, 2.24) is 14.8 Å². The molecule has 0 saturated heterocycles. The topological polar surface area (TPSA) is 49.2 Å². The Morgan fingerprint density at radius 3 is 2.83 bits per heavy atom. The average Bonchev–Trinajstić information content (AvgIpc) is 3.42. The van der Waals surface area contributed by atoms with Crippen molar-refractivity contribution in [2.24, 2.45) is 0 Å². The highest BCUT2D eigenvalue weighted by Crippen LogP contribution is 2.40. The highest BCUT2D eigenvalue weighted by molar-refractivity contribution is 7.98. The first kappa shape index (κ1) is 19.8. The summed E-state index contributed by atoms with van der Waals surface area (Å²) in [4.78, 5) is 0. The van der Waals surface area contributed by atoms with Gasteiger partial charge in [-0.05, 0) is 37.1 Å². The van der Waals surface area contributed by atoms with Crippen LogP contribution in [0.25, 0.3) is 11.4 Å². The van der Waals surface area contributed by atoms with E-state index in [-0.39, 0.29) is 12.6 Å². The SMILES string of the molecule is Fc1cc2c(c(CSc3nnc(-c4ccccc4Cl)n3C3CCCC3)c1)OCOC2. The molecule has 5 nitrogen and oxygen atoms in total. The van der Waals surface area contributed by atoms with E-state index in [0.717, 1.165) is 40.5 Å². The zero-order valence-corrected chi connectivity index (χ0v) is 17.9. The molecule has 5 rings (SSSR count). The number of halogens is 2. The van der Waals surface area contributed by atoms with Gasteiger partial charge in [-0.3, -0.25) is 4.57 Å². The molecule has 0 atom stereocenters. The minimum absolute atomic E-state index is 0.186. The summed E-state index contributed by atoms with van der Waals surface area (Å²) in [6, 6.07) is 11.1. The van der Waals surface area contributed by atoms with Gasteiger partial charge in [0.1, 0.15) is 11.6 Å². The fraction of sp³-hybridized carbons (Fsp3) is 0.364. The summed E-state index contributed by atoms with van der Waals surface area (Å²) in [5.41, 5.74) is 2.43. The Bertz CT molecular complexity index is 1070. The van der Waals surface area contributed by atoms with Gasteiger partial charge in [-0.1, -0.05) is 48.3 Å². The molecular formula is C22H21ClFN3O2S. The van der Waals surface area contributed by atoms with Crippen LogP contribution in [0.4, 0.5) is 4.39 Å². The Hall–Kier alpha value is -2.09. The van der Waals surface area contributed by atoms with Crippen LogP contribution in [-0.4, -0.2) is 21.6 Å². The van der Waals surface area contributed by atoms with Crippen molar-refractivity contribution in [1.29, 1.82) is 0 Å². The van der Waals surface area contributed by atoms with Crippen LogP contribution in [0.15, 0.2) is 41.6 Å². The number of hydrogen-bond acceptors (Lipinski definition) is 5. The number of benzene rings is 2. The summed E-state index contributed by atoms with van der Waals surface area (Å²) < 4.78 is 27.3. The van der Waals surface area contributed by atoms with E-state index < -0.39 is 0 Å². The molecule has 0 N–H and O–H groups in total. The van der Waals surface area contributed by atoms with E-state index in [1.807, 2.05) is 24.3 Å². The summed E-state index contributed by atoms with van der Waals surface area (Å²) in [5, 5.41) is 10.5. The molecule has 0 radical (unpaired) electrons. The number of ether oxygens (including phenoxy) is 2. The van der Waals surface area contributed by atoms with Gasteiger partial charge in [-0.2, -0.15) is 0 Å². The normalized spacial score (nSPS) is 16.5. The third-order valence-corrected chi connectivity index (χ3v) is 6.90. The second-order valence-electron chi connectivity index (χ2n) is 7.55. The third kappa shape index (κ3) is 3.82. The molecule has 0 bridgehead atoms. The molecule has 30 heavy (non-hydrogen) atoms. The summed E-state index contributed by atoms with van der Waals surface area (Å²) in [6.07, 6.45) is 4.58. The van der Waals surface area contributed by atoms with Crippen molar-refractivity contribution in [2.45, 2.75) is 49.2 Å². The molecule has 1 aromatic heterocycles. The fourth-order valence-corrected chi connectivity index (χ4v) is 5.39. The molecule has 0 unspecified atom stereocenters. The van der Waals surface area contributed by atoms with Gasteiger partial charge in [0.15, 0.2) is 17.8 Å². The maximum absolute atomic E-state index is 14.1. The quantitative estimate of drug-likeness (QED) is 0.450. The molecule has 2 aliphatic rings. The highest BCUT2D eigenvalue weighted by atomic mass is 35.5. The van der Waals surface area contributed by atoms with Crippen LogP contribution in [-0.2, 0) is 17.1 Å². The predicted molar refractivity (Wildman–Crippen MR) is 114 cm³/mol. The molecule has 0 amide bonds. The number of fused-ring (bicyclic) bond motifs is 1. The van der Waals surface area contributed by atoms with E-state index in [4.69, 9.17) is 21.1 Å². The van der Waals surface area contributed by atoms with E-state index >= 15 is 0 Å². The minimum Gasteiger partial charge on any atom is -0.467 e. The monoisotopic (exact) mass is 445 g/mol. The molecule has 156 valence electrons. The second kappa shape index (κ2) is 8.57. The van der Waals surface area contributed by atoms with Crippen LogP contribution < -0.4 is 4.74 Å². The van der Waals surface area contributed by atoms with E-state index in [1.54, 1.807) is 11.8 Å². The Morgan fingerprint density at radius 2 is 2.00 bits per heavy atom. The summed E-state index contributed by atoms with van der Waals surface area (Å²) in [6.45, 7) is 0.547. The van der Waals surface area contributed by atoms with Crippen LogP contribution >= 0.6 is 23.4 Å². The van der Waals surface area contributed by atoms with Gasteiger partial charge >= 0.3 is 0 Å². The molecule has 8 heteroatoms. The second-order valence-corrected chi connectivity index (χ2v) is 8.90. The van der Waals surface area contributed by atoms with Crippen molar-refractivity contribution in [3.05, 3.63) is 58.4 Å². The lowest BCUT2D eigenvalue weighted by Gasteiger charge is -2.21. The minimum atomic E-state index is -0.285. The van der Waals surface area contributed by atoms with Gasteiger partial charge in [0.05, 0.1) is 11.6 Å². The number of aromatic nitrogens is 3. The number of hydrogen-bond donors (Lipinski definition) is 0. The van der Waals surface area contributed by atoms with Gasteiger partial charge in [-0.15, -0.1) is 10.2 Å². The van der Waals surface area contributed by atoms with E-state index in [0.29, 0.717) is 29.2 Å². The number of rotatable bonds is 5. The van der Waals surface area contributed by atoms with Crippen LogP contribution in [0.3, 0.4) is 0 Å². The summed E-state index contributed by atoms with van der Waals surface area (Å²) >= 11 is 8.01. The highest BCUT2D eigenvalue weighted by Gasteiger charge is 2.26. The van der Waals surface area contributed by atoms with Gasteiger partial charge in [0.2, 0.25) is 0 Å². The number of thioether (sulfide) groups is 1. The maximum atomic E-state index is 14.1. The fourth-order valence-electron chi connectivity index (χ4n) is 4.20. The van der Waals surface area contributed by atoms with Crippen molar-refractivity contribution in [2.75, 3.05) is 6.79 Å². The molecule has 3 aromatic rings. The van der Waals surface area contributed by atoms with Crippen LogP contribution in [0, 0.1) is 5.82 Å². The van der Waals surface area contributed by atoms with Crippen LogP contribution in [0.2, 0.25) is 5.02 Å². The predicted octanol–water partition coefficient (Wildman–Crippen LogP) is 6.01. The Kier molecular flexibility index (Phi) is 5.67. The lowest BCUT2D eigenvalue weighted by atomic mass is 10.1. The van der Waals surface area contributed by atoms with Gasteiger partial charge in [0.25, 0.3) is 0 Å². The van der Waals surface area contributed by atoms with Crippen molar-refractivity contribution in [3.63, 3.8) is 0 Å². The maximum Gasteiger partial charge on any atom is 0.192 e. The lowest BCUT2D eigenvalue weighted by molar-refractivity contribution is -0.0171. The largest absolute Gasteiger partial charge is 0.467 e. The first-order chi connectivity index (χ1) is 14.7. The summed E-state index contributed by atoms with van der Waals surface area (Å²) in [5.74, 6) is 1.76. The molecular weight excluding hydrogens is 425 g/mol. The van der Waals surface area contributed by atoms with Gasteiger partial charge in [-0.25, -0.2) is 4.39 Å². The molecule has 2 aromatic carbocycles. The van der Waals surface area contributed by atoms with Crippen molar-refractivity contribution >= 4 is 23.4 Å². The average molecular weight is 446 g/mol. The zero-order chi connectivity index (χ0) is 20.5. The molecule has 1 aliphatic heterocycles. The first-order valence-electron chi connectivity index (χ1n) is 10.0. The Morgan fingerprint density at radius 1 is 1.17 bits per heavy atom. The van der Waals surface area contributed by atoms with Crippen LogP contribution in [0.1, 0.15) is 42.9 Å². The van der Waals surface area contributed by atoms with E-state index in [9.17, 15) is 4.39 Å². The zero-order valence-electron chi connectivity index (χ0n) is 16.3. The molecule has 2 heterocycles. The molecule has 1 fully saturated rings. The Balaban J connectivity index is 1.48. The van der Waals surface area contributed by atoms with Crippen molar-refractivity contribution in [3.8, 4) is 17.1 Å². The lowest BCUT2D eigenvalue weighted by Crippen LogP contribution is -2.13. The first-order valence-corrected chi connectivity index (χ1v) is 11.4. The molecule has 1 aliphatic carbocycles. The van der Waals surface area contributed by atoms with E-state index in [1.165, 1.54) is 25.0 Å². The smallest absolute Gasteiger partial charge is 0.192 e. The molecule has 0 spiro atoms. The number of nitrogens with zero attached hydrogens (tertiary/aromatic N) is 3. The van der Waals surface area contributed by atoms with Crippen LogP contribution in [0.5, 0.6) is 5.75 Å². The standard InChI is InChI=1S/C22H21ClFN3O2S/c23-19-8-4-3-7-18(19)21-25-26-22(27(21)17-5-1-2-6-17)30-12-15-10-16(24)9-14-11-28-13-29-20(14)15/h3-4,7-10,17H,1-2,5-6,11-13H2. The molecule has 1 saturated carbocycles. The van der Waals surface area contributed by atoms with Gasteiger partial charge in [0, 0.05) is 28.5 Å². The Labute approximate surface area is 183 Å². The van der Waals surface area contributed by atoms with Gasteiger partial charge < -0.3 is 9.47 Å². The third-order valence-electron chi connectivity index (χ3n) is 5.58.